The first kappa shape index (κ1) is 11.5. The number of aryl methyl sites for hydroxylation is 1. The Morgan fingerprint density at radius 3 is 3.00 bits per heavy atom. The summed E-state index contributed by atoms with van der Waals surface area (Å²) in [6, 6.07) is 0.112. The molecule has 1 unspecified atom stereocenters. The fourth-order valence-corrected chi connectivity index (χ4v) is 2.08. The van der Waals surface area contributed by atoms with E-state index < -0.39 is 0 Å². The molecule has 0 aliphatic rings. The monoisotopic (exact) mass is 232 g/mol. The third-order valence-corrected chi connectivity index (χ3v) is 3.02. The van der Waals surface area contributed by atoms with Crippen LogP contribution in [0.15, 0.2) is 5.51 Å². The van der Waals surface area contributed by atoms with E-state index in [0.29, 0.717) is 10.8 Å². The molecule has 14 heavy (non-hydrogen) atoms. The molecule has 1 aromatic rings. The van der Waals surface area contributed by atoms with Gasteiger partial charge in [-0.1, -0.05) is 0 Å². The zero-order chi connectivity index (χ0) is 10.6. The van der Waals surface area contributed by atoms with Crippen molar-refractivity contribution in [2.75, 3.05) is 5.88 Å². The van der Waals surface area contributed by atoms with Gasteiger partial charge in [0.2, 0.25) is 0 Å². The molecule has 1 N–H and O–H groups in total. The van der Waals surface area contributed by atoms with E-state index in [0.717, 1.165) is 12.1 Å². The van der Waals surface area contributed by atoms with Crippen LogP contribution in [0.3, 0.4) is 0 Å². The highest BCUT2D eigenvalue weighted by atomic mass is 35.5. The minimum absolute atomic E-state index is 0.0531. The van der Waals surface area contributed by atoms with Gasteiger partial charge in [0, 0.05) is 11.9 Å². The smallest absolute Gasteiger partial charge is 0.263 e. The molecule has 1 atom stereocenters. The number of amides is 1. The molecule has 0 radical (unpaired) electrons. The van der Waals surface area contributed by atoms with Crippen molar-refractivity contribution < 1.29 is 4.79 Å². The van der Waals surface area contributed by atoms with Gasteiger partial charge in [-0.3, -0.25) is 4.79 Å². The van der Waals surface area contributed by atoms with Gasteiger partial charge in [-0.2, -0.15) is 0 Å². The molecule has 0 aliphatic heterocycles. The predicted octanol–water partition coefficient (Wildman–Crippen LogP) is 2.20. The standard InChI is InChI=1S/C9H13ClN2OS/c1-6(3-4-10)12-9(13)8-7(2)11-5-14-8/h5-6H,3-4H2,1-2H3,(H,12,13). The number of nitrogens with zero attached hydrogens (tertiary/aromatic N) is 1. The second-order valence-corrected chi connectivity index (χ2v) is 4.35. The lowest BCUT2D eigenvalue weighted by Gasteiger charge is -2.11. The Kier molecular flexibility index (Phi) is 4.35. The minimum atomic E-state index is -0.0531. The average Bonchev–Trinajstić information content (AvgIpc) is 2.51. The first-order chi connectivity index (χ1) is 6.65. The molecule has 1 amide bonds. The molecule has 5 heteroatoms. The van der Waals surface area contributed by atoms with Gasteiger partial charge in [-0.25, -0.2) is 4.98 Å². The number of hydrogen-bond acceptors (Lipinski definition) is 3. The van der Waals surface area contributed by atoms with Crippen LogP contribution in [0, 0.1) is 6.92 Å². The molecule has 0 saturated heterocycles. The van der Waals surface area contributed by atoms with Crippen molar-refractivity contribution in [1.29, 1.82) is 0 Å². The van der Waals surface area contributed by atoms with Crippen LogP contribution >= 0.6 is 22.9 Å². The molecule has 0 aromatic carbocycles. The molecule has 0 spiro atoms. The highest BCUT2D eigenvalue weighted by Gasteiger charge is 2.13. The van der Waals surface area contributed by atoms with Crippen LogP contribution in [0.5, 0.6) is 0 Å². The number of nitrogens with one attached hydrogen (secondary N) is 1. The SMILES string of the molecule is Cc1ncsc1C(=O)NC(C)CCCl. The van der Waals surface area contributed by atoms with Gasteiger partial charge in [0.25, 0.3) is 5.91 Å². The molecule has 1 heterocycles. The summed E-state index contributed by atoms with van der Waals surface area (Å²) in [4.78, 5) is 16.3. The highest BCUT2D eigenvalue weighted by Crippen LogP contribution is 2.12. The van der Waals surface area contributed by atoms with Gasteiger partial charge in [-0.05, 0) is 20.3 Å². The zero-order valence-corrected chi connectivity index (χ0v) is 9.78. The van der Waals surface area contributed by atoms with Crippen molar-refractivity contribution >= 4 is 28.8 Å². The van der Waals surface area contributed by atoms with Crippen molar-refractivity contribution in [3.63, 3.8) is 0 Å². The van der Waals surface area contributed by atoms with Crippen molar-refractivity contribution in [3.8, 4) is 0 Å². The maximum atomic E-state index is 11.6. The first-order valence-corrected chi connectivity index (χ1v) is 5.83. The van der Waals surface area contributed by atoms with E-state index in [2.05, 4.69) is 10.3 Å². The third-order valence-electron chi connectivity index (χ3n) is 1.87. The van der Waals surface area contributed by atoms with Crippen LogP contribution in [-0.4, -0.2) is 22.8 Å². The van der Waals surface area contributed by atoms with E-state index in [-0.39, 0.29) is 11.9 Å². The summed E-state index contributed by atoms with van der Waals surface area (Å²) in [5.41, 5.74) is 2.46. The summed E-state index contributed by atoms with van der Waals surface area (Å²) in [5.74, 6) is 0.506. The Labute approximate surface area is 92.5 Å². The Morgan fingerprint density at radius 1 is 1.79 bits per heavy atom. The Bertz CT molecular complexity index is 314. The van der Waals surface area contributed by atoms with Crippen molar-refractivity contribution in [2.24, 2.45) is 0 Å². The second-order valence-electron chi connectivity index (χ2n) is 3.12. The lowest BCUT2D eigenvalue weighted by atomic mass is 10.2. The quantitative estimate of drug-likeness (QED) is 0.809. The number of halogens is 1. The van der Waals surface area contributed by atoms with Gasteiger partial charge in [0.05, 0.1) is 11.2 Å². The number of aromatic nitrogens is 1. The zero-order valence-electron chi connectivity index (χ0n) is 8.21. The minimum Gasteiger partial charge on any atom is -0.349 e. The Hall–Kier alpha value is -0.610. The first-order valence-electron chi connectivity index (χ1n) is 4.42. The van der Waals surface area contributed by atoms with E-state index in [9.17, 15) is 4.79 Å². The van der Waals surface area contributed by atoms with Gasteiger partial charge >= 0.3 is 0 Å². The van der Waals surface area contributed by atoms with Crippen LogP contribution < -0.4 is 5.32 Å². The number of thiazole rings is 1. The maximum Gasteiger partial charge on any atom is 0.263 e. The average molecular weight is 233 g/mol. The molecule has 0 bridgehead atoms. The fraction of sp³-hybridized carbons (Fsp3) is 0.556. The van der Waals surface area contributed by atoms with E-state index >= 15 is 0 Å². The van der Waals surface area contributed by atoms with Crippen LogP contribution in [0.1, 0.15) is 28.7 Å². The van der Waals surface area contributed by atoms with Crippen molar-refractivity contribution in [2.45, 2.75) is 26.3 Å². The lowest BCUT2D eigenvalue weighted by Crippen LogP contribution is -2.32. The van der Waals surface area contributed by atoms with Crippen LogP contribution in [0.4, 0.5) is 0 Å². The number of hydrogen-bond donors (Lipinski definition) is 1. The summed E-state index contributed by atoms with van der Waals surface area (Å²) in [5, 5.41) is 2.87. The van der Waals surface area contributed by atoms with Gasteiger partial charge in [0.1, 0.15) is 4.88 Å². The van der Waals surface area contributed by atoms with Gasteiger partial charge in [0.15, 0.2) is 0 Å². The second kappa shape index (κ2) is 5.32. The lowest BCUT2D eigenvalue weighted by molar-refractivity contribution is 0.0943. The van der Waals surface area contributed by atoms with Crippen LogP contribution in [-0.2, 0) is 0 Å². The van der Waals surface area contributed by atoms with E-state index in [1.54, 1.807) is 5.51 Å². The molecule has 1 rings (SSSR count). The van der Waals surface area contributed by atoms with Crippen molar-refractivity contribution in [3.05, 3.63) is 16.1 Å². The van der Waals surface area contributed by atoms with E-state index in [4.69, 9.17) is 11.6 Å². The third kappa shape index (κ3) is 2.96. The fourth-order valence-electron chi connectivity index (χ4n) is 1.05. The van der Waals surface area contributed by atoms with E-state index in [1.807, 2.05) is 13.8 Å². The number of carbonyl (C=O) groups is 1. The van der Waals surface area contributed by atoms with Crippen LogP contribution in [0.25, 0.3) is 0 Å². The molecule has 0 fully saturated rings. The topological polar surface area (TPSA) is 42.0 Å². The largest absolute Gasteiger partial charge is 0.349 e. The molecule has 78 valence electrons. The van der Waals surface area contributed by atoms with Crippen LogP contribution in [0.2, 0.25) is 0 Å². The molecule has 1 aromatic heterocycles. The van der Waals surface area contributed by atoms with E-state index in [1.165, 1.54) is 11.3 Å². The summed E-state index contributed by atoms with van der Waals surface area (Å²) < 4.78 is 0. The predicted molar refractivity (Wildman–Crippen MR) is 59.1 cm³/mol. The number of carbonyl (C=O) groups excluding carboxylic acids is 1. The molecule has 0 aliphatic carbocycles. The maximum absolute atomic E-state index is 11.6. The molecule has 0 saturated carbocycles. The normalized spacial score (nSPS) is 12.5. The summed E-state index contributed by atoms with van der Waals surface area (Å²) in [6.07, 6.45) is 0.783. The Balaban J connectivity index is 2.55. The molecule has 3 nitrogen and oxygen atoms in total. The number of rotatable bonds is 4. The number of alkyl halides is 1. The van der Waals surface area contributed by atoms with Gasteiger partial charge in [-0.15, -0.1) is 22.9 Å². The highest BCUT2D eigenvalue weighted by molar-refractivity contribution is 7.11. The molecular formula is C9H13ClN2OS. The summed E-state index contributed by atoms with van der Waals surface area (Å²) >= 11 is 6.94. The Morgan fingerprint density at radius 2 is 2.50 bits per heavy atom. The summed E-state index contributed by atoms with van der Waals surface area (Å²) in [7, 11) is 0. The van der Waals surface area contributed by atoms with Gasteiger partial charge < -0.3 is 5.32 Å². The summed E-state index contributed by atoms with van der Waals surface area (Å²) in [6.45, 7) is 3.77. The molecular weight excluding hydrogens is 220 g/mol. The van der Waals surface area contributed by atoms with Crippen molar-refractivity contribution in [1.82, 2.24) is 10.3 Å².